The van der Waals surface area contributed by atoms with Crippen molar-refractivity contribution in [3.63, 3.8) is 0 Å². The molecule has 0 bridgehead atoms. The molecule has 2 rings (SSSR count). The van der Waals surface area contributed by atoms with Crippen LogP contribution >= 0.6 is 0 Å². The highest BCUT2D eigenvalue weighted by Crippen LogP contribution is 2.04. The lowest BCUT2D eigenvalue weighted by molar-refractivity contribution is -0.115. The van der Waals surface area contributed by atoms with Crippen molar-refractivity contribution in [1.29, 1.82) is 0 Å². The number of nitrogens with two attached hydrogens (primary N) is 4. The van der Waals surface area contributed by atoms with Crippen LogP contribution in [0.3, 0.4) is 0 Å². The Balaban J connectivity index is 0.000000517. The van der Waals surface area contributed by atoms with Crippen LogP contribution in [0.25, 0.3) is 0 Å². The number of nitrogens with one attached hydrogen (secondary N) is 2. The summed E-state index contributed by atoms with van der Waals surface area (Å²) >= 11 is 0. The molecule has 0 saturated heterocycles. The molecular weight excluding hydrogens is 456 g/mol. The number of carbonyl (C=O) groups is 2. The summed E-state index contributed by atoms with van der Waals surface area (Å²) in [5, 5.41) is 5.28. The average molecular weight is 483 g/mol. The normalized spacial score (nSPS) is 9.52. The van der Waals surface area contributed by atoms with Gasteiger partial charge in [0, 0.05) is 11.4 Å². The van der Waals surface area contributed by atoms with E-state index in [0.29, 0.717) is 0 Å². The van der Waals surface area contributed by atoms with Crippen molar-refractivity contribution in [2.75, 3.05) is 23.7 Å². The third kappa shape index (κ3) is 20.8. The Labute approximate surface area is 190 Å². The van der Waals surface area contributed by atoms with Crippen LogP contribution in [-0.2, 0) is 20.0 Å². The molecule has 0 aliphatic carbocycles. The van der Waals surface area contributed by atoms with Crippen molar-refractivity contribution >= 4 is 45.5 Å². The number of carbonyl (C=O) groups excluding carboxylic acids is 2. The fourth-order valence-electron chi connectivity index (χ4n) is 1.77. The van der Waals surface area contributed by atoms with Crippen LogP contribution in [-0.4, -0.2) is 54.3 Å². The largest absolute Gasteiger partial charge is 0.394 e. The summed E-state index contributed by atoms with van der Waals surface area (Å²) < 4.78 is 31.6. The van der Waals surface area contributed by atoms with Crippen LogP contribution in [0.2, 0.25) is 0 Å². The molecule has 2 aromatic carbocycles. The van der Waals surface area contributed by atoms with Gasteiger partial charge >= 0.3 is 10.4 Å². The minimum absolute atomic E-state index is 0.0583. The Morgan fingerprint density at radius 3 is 1.21 bits per heavy atom. The number of rotatable bonds is 6. The predicted molar refractivity (Wildman–Crippen MR) is 126 cm³/mol. The molecule has 0 heterocycles. The van der Waals surface area contributed by atoms with Gasteiger partial charge in [0.1, 0.15) is 13.1 Å². The number of hydrogen-bond acceptors (Lipinski definition) is 6. The van der Waals surface area contributed by atoms with Crippen molar-refractivity contribution in [3.05, 3.63) is 60.7 Å². The zero-order valence-electron chi connectivity index (χ0n) is 17.3. The number of nitrogens with zero attached hydrogens (tertiary/aromatic N) is 2. The lowest BCUT2D eigenvalue weighted by Crippen LogP contribution is -2.25. The molecule has 0 fully saturated rings. The Hall–Kier alpha value is -4.21. The summed E-state index contributed by atoms with van der Waals surface area (Å²) in [5.41, 5.74) is 21.8. The van der Waals surface area contributed by atoms with Crippen LogP contribution in [0.4, 0.5) is 11.4 Å². The smallest absolute Gasteiger partial charge is 0.370 e. The maximum absolute atomic E-state index is 11.2. The maximum atomic E-state index is 11.2. The van der Waals surface area contributed by atoms with Gasteiger partial charge < -0.3 is 33.6 Å². The minimum Gasteiger partial charge on any atom is -0.370 e. The van der Waals surface area contributed by atoms with E-state index in [1.54, 1.807) is 24.3 Å². The molecule has 0 aliphatic rings. The van der Waals surface area contributed by atoms with Gasteiger partial charge in [-0.1, -0.05) is 36.4 Å². The van der Waals surface area contributed by atoms with E-state index < -0.39 is 10.4 Å². The quantitative estimate of drug-likeness (QED) is 0.143. The van der Waals surface area contributed by atoms with Gasteiger partial charge in [-0.05, 0) is 24.3 Å². The molecule has 12 N–H and O–H groups in total. The standard InChI is InChI=1S/2C9H12N4O.H2O4S/c2*10-9(11)12-6-8(14)13-7-4-2-1-3-5-7;1-5(2,3)4/h2*1-5H,6H2,(H,13,14)(H4,10,11,12);(H2,1,2,3,4). The van der Waals surface area contributed by atoms with E-state index in [0.717, 1.165) is 11.4 Å². The van der Waals surface area contributed by atoms with Crippen molar-refractivity contribution in [2.45, 2.75) is 0 Å². The molecule has 0 radical (unpaired) electrons. The molecule has 0 aliphatic heterocycles. The number of para-hydroxylation sites is 2. The summed E-state index contributed by atoms with van der Waals surface area (Å²) in [5.74, 6) is -0.671. The molecule has 15 heteroatoms. The van der Waals surface area contributed by atoms with E-state index in [4.69, 9.17) is 40.5 Å². The fraction of sp³-hybridized carbons (Fsp3) is 0.111. The number of hydrogen-bond donors (Lipinski definition) is 8. The zero-order chi connectivity index (χ0) is 25.3. The van der Waals surface area contributed by atoms with Crippen molar-refractivity contribution in [2.24, 2.45) is 32.9 Å². The highest BCUT2D eigenvalue weighted by Gasteiger charge is 2.00. The lowest BCUT2D eigenvalue weighted by Gasteiger charge is -2.01. The van der Waals surface area contributed by atoms with E-state index in [1.807, 2.05) is 36.4 Å². The topological polar surface area (TPSA) is 262 Å². The van der Waals surface area contributed by atoms with Gasteiger partial charge in [0.2, 0.25) is 11.8 Å². The van der Waals surface area contributed by atoms with Crippen LogP contribution in [0.1, 0.15) is 0 Å². The predicted octanol–water partition coefficient (Wildman–Crippen LogP) is -0.856. The lowest BCUT2D eigenvalue weighted by atomic mass is 10.3. The van der Waals surface area contributed by atoms with Crippen molar-refractivity contribution in [1.82, 2.24) is 0 Å². The summed E-state index contributed by atoms with van der Waals surface area (Å²) in [4.78, 5) is 29.5. The van der Waals surface area contributed by atoms with E-state index >= 15 is 0 Å². The van der Waals surface area contributed by atoms with Crippen molar-refractivity contribution < 1.29 is 27.1 Å². The number of anilines is 2. The first-order chi connectivity index (χ1) is 15.4. The molecule has 0 saturated carbocycles. The molecule has 0 unspecified atom stereocenters. The molecule has 0 spiro atoms. The van der Waals surface area contributed by atoms with E-state index in [9.17, 15) is 9.59 Å². The summed E-state index contributed by atoms with van der Waals surface area (Å²) in [6.07, 6.45) is 0. The second-order valence-electron chi connectivity index (χ2n) is 5.76. The first kappa shape index (κ1) is 28.8. The van der Waals surface area contributed by atoms with Crippen LogP contribution < -0.4 is 33.6 Å². The average Bonchev–Trinajstić information content (AvgIpc) is 2.71. The van der Waals surface area contributed by atoms with Gasteiger partial charge in [-0.2, -0.15) is 8.42 Å². The van der Waals surface area contributed by atoms with Gasteiger partial charge in [0.25, 0.3) is 0 Å². The highest BCUT2D eigenvalue weighted by molar-refractivity contribution is 7.79. The van der Waals surface area contributed by atoms with Crippen LogP contribution in [0, 0.1) is 0 Å². The first-order valence-corrected chi connectivity index (χ1v) is 10.3. The van der Waals surface area contributed by atoms with Crippen LogP contribution in [0.5, 0.6) is 0 Å². The number of aliphatic imine (C=N–C) groups is 2. The van der Waals surface area contributed by atoms with Gasteiger partial charge in [-0.15, -0.1) is 0 Å². The molecule has 2 amide bonds. The van der Waals surface area contributed by atoms with E-state index in [1.165, 1.54) is 0 Å². The molecule has 33 heavy (non-hydrogen) atoms. The molecule has 14 nitrogen and oxygen atoms in total. The van der Waals surface area contributed by atoms with E-state index in [2.05, 4.69) is 20.6 Å². The molecule has 0 atom stereocenters. The Morgan fingerprint density at radius 1 is 0.697 bits per heavy atom. The molecule has 0 aromatic heterocycles. The second-order valence-corrected chi connectivity index (χ2v) is 6.65. The van der Waals surface area contributed by atoms with Gasteiger partial charge in [0.15, 0.2) is 11.9 Å². The zero-order valence-corrected chi connectivity index (χ0v) is 18.1. The minimum atomic E-state index is -4.67. The number of benzene rings is 2. The Morgan fingerprint density at radius 2 is 0.970 bits per heavy atom. The summed E-state index contributed by atoms with van der Waals surface area (Å²) in [7, 11) is -4.67. The summed E-state index contributed by atoms with van der Waals surface area (Å²) in [6, 6.07) is 18.2. The fourth-order valence-corrected chi connectivity index (χ4v) is 1.77. The number of guanidine groups is 2. The number of amides is 2. The second kappa shape index (κ2) is 15.6. The monoisotopic (exact) mass is 482 g/mol. The first-order valence-electron chi connectivity index (χ1n) is 8.87. The molecular formula is C18H26N8O6S. The SMILES string of the molecule is NC(N)=NCC(=O)Nc1ccccc1.NC(N)=NCC(=O)Nc1ccccc1.O=S(=O)(O)O. The summed E-state index contributed by atoms with van der Waals surface area (Å²) in [6.45, 7) is -0.117. The Bertz CT molecular complexity index is 945. The highest BCUT2D eigenvalue weighted by atomic mass is 32.3. The Kier molecular flexibility index (Phi) is 13.6. The van der Waals surface area contributed by atoms with Gasteiger partial charge in [-0.3, -0.25) is 18.7 Å². The van der Waals surface area contributed by atoms with E-state index in [-0.39, 0.29) is 36.8 Å². The van der Waals surface area contributed by atoms with Gasteiger partial charge in [0.05, 0.1) is 0 Å². The van der Waals surface area contributed by atoms with Crippen molar-refractivity contribution in [3.8, 4) is 0 Å². The third-order valence-corrected chi connectivity index (χ3v) is 2.93. The molecule has 180 valence electrons. The maximum Gasteiger partial charge on any atom is 0.394 e. The van der Waals surface area contributed by atoms with Gasteiger partial charge in [-0.25, -0.2) is 9.98 Å². The third-order valence-electron chi connectivity index (χ3n) is 2.93. The van der Waals surface area contributed by atoms with Crippen LogP contribution in [0.15, 0.2) is 70.6 Å². The molecule has 2 aromatic rings.